The van der Waals surface area contributed by atoms with Gasteiger partial charge < -0.3 is 10.1 Å². The molecular formula is C26H27ClN2O3S2. The molecule has 5 nitrogen and oxygen atoms in total. The number of halogens is 1. The van der Waals surface area contributed by atoms with Crippen LogP contribution >= 0.6 is 34.7 Å². The van der Waals surface area contributed by atoms with Gasteiger partial charge in [0, 0.05) is 46.6 Å². The van der Waals surface area contributed by atoms with Crippen LogP contribution in [0.3, 0.4) is 0 Å². The lowest BCUT2D eigenvalue weighted by molar-refractivity contribution is -0.115. The van der Waals surface area contributed by atoms with E-state index >= 15 is 0 Å². The van der Waals surface area contributed by atoms with Crippen LogP contribution in [0.5, 0.6) is 0 Å². The van der Waals surface area contributed by atoms with Crippen molar-refractivity contribution >= 4 is 51.6 Å². The number of hydrogen-bond acceptors (Lipinski definition) is 6. The predicted molar refractivity (Wildman–Crippen MR) is 140 cm³/mol. The van der Waals surface area contributed by atoms with Crippen molar-refractivity contribution in [3.8, 4) is 0 Å². The first kappa shape index (κ1) is 24.8. The zero-order valence-electron chi connectivity index (χ0n) is 19.0. The van der Waals surface area contributed by atoms with Gasteiger partial charge in [-0.2, -0.15) is 0 Å². The first-order valence-electron chi connectivity index (χ1n) is 11.3. The van der Waals surface area contributed by atoms with Gasteiger partial charge >= 0.3 is 5.97 Å². The molecule has 1 N–H and O–H groups in total. The van der Waals surface area contributed by atoms with Gasteiger partial charge in [0.05, 0.1) is 12.2 Å². The normalized spacial score (nSPS) is 13.4. The van der Waals surface area contributed by atoms with Crippen LogP contribution in [0.2, 0.25) is 5.02 Å². The number of amides is 1. The van der Waals surface area contributed by atoms with Gasteiger partial charge in [0.2, 0.25) is 5.91 Å². The first-order chi connectivity index (χ1) is 16.5. The summed E-state index contributed by atoms with van der Waals surface area (Å²) in [5, 5.41) is 4.29. The molecule has 3 aromatic rings. The maximum atomic E-state index is 12.8. The van der Waals surface area contributed by atoms with E-state index in [-0.39, 0.29) is 11.9 Å². The number of carbonyl (C=O) groups is 2. The van der Waals surface area contributed by atoms with E-state index in [1.165, 1.54) is 16.9 Å². The number of benzene rings is 2. The molecule has 4 rings (SSSR count). The smallest absolute Gasteiger partial charge is 0.341 e. The molecule has 0 aliphatic carbocycles. The van der Waals surface area contributed by atoms with Gasteiger partial charge in [-0.15, -0.1) is 23.1 Å². The fourth-order valence-corrected chi connectivity index (χ4v) is 6.19. The molecule has 34 heavy (non-hydrogen) atoms. The van der Waals surface area contributed by atoms with Gasteiger partial charge in [-0.25, -0.2) is 4.79 Å². The fourth-order valence-electron chi connectivity index (χ4n) is 3.92. The van der Waals surface area contributed by atoms with Crippen molar-refractivity contribution in [3.05, 3.63) is 81.2 Å². The zero-order valence-corrected chi connectivity index (χ0v) is 21.4. The molecule has 0 atom stereocenters. The molecule has 1 aliphatic rings. The number of rotatable bonds is 9. The summed E-state index contributed by atoms with van der Waals surface area (Å²) in [5.74, 6) is 0.173. The highest BCUT2D eigenvalue weighted by atomic mass is 35.5. The molecular weight excluding hydrogens is 488 g/mol. The Labute approximate surface area is 213 Å². The molecule has 0 radical (unpaired) electrons. The molecule has 0 saturated heterocycles. The molecule has 2 aromatic carbocycles. The van der Waals surface area contributed by atoms with Crippen molar-refractivity contribution in [2.24, 2.45) is 0 Å². The van der Waals surface area contributed by atoms with Crippen LogP contribution in [0, 0.1) is 0 Å². The van der Waals surface area contributed by atoms with Gasteiger partial charge in [0.15, 0.2) is 0 Å². The Hall–Kier alpha value is -2.32. The number of thioether (sulfide) groups is 1. The van der Waals surface area contributed by atoms with Gasteiger partial charge in [0.25, 0.3) is 0 Å². The highest BCUT2D eigenvalue weighted by molar-refractivity contribution is 7.99. The van der Waals surface area contributed by atoms with Crippen LogP contribution in [-0.2, 0) is 29.0 Å². The number of hydrogen-bond donors (Lipinski definition) is 1. The van der Waals surface area contributed by atoms with Crippen LogP contribution in [0.25, 0.3) is 0 Å². The SMILES string of the molecule is CCOC(=O)c1c(NC(=O)CCSc2ccc(Cl)cc2)sc2c1CCN(Cc1ccccc1)C2. The summed E-state index contributed by atoms with van der Waals surface area (Å²) in [6.45, 7) is 4.57. The Balaban J connectivity index is 1.43. The van der Waals surface area contributed by atoms with E-state index in [9.17, 15) is 9.59 Å². The van der Waals surface area contributed by atoms with Crippen LogP contribution < -0.4 is 5.32 Å². The number of ether oxygens (including phenoxy) is 1. The van der Waals surface area contributed by atoms with Gasteiger partial charge in [-0.3, -0.25) is 9.69 Å². The fraction of sp³-hybridized carbons (Fsp3) is 0.308. The summed E-state index contributed by atoms with van der Waals surface area (Å²) in [6.07, 6.45) is 1.10. The molecule has 2 heterocycles. The topological polar surface area (TPSA) is 58.6 Å². The Kier molecular flexibility index (Phi) is 8.67. The number of thiophene rings is 1. The molecule has 0 spiro atoms. The van der Waals surface area contributed by atoms with Crippen LogP contribution in [-0.4, -0.2) is 35.7 Å². The van der Waals surface area contributed by atoms with Crippen molar-refractivity contribution in [3.63, 3.8) is 0 Å². The van der Waals surface area contributed by atoms with Crippen molar-refractivity contribution in [1.29, 1.82) is 0 Å². The quantitative estimate of drug-likeness (QED) is 0.270. The third-order valence-electron chi connectivity index (χ3n) is 5.53. The average molecular weight is 515 g/mol. The van der Waals surface area contributed by atoms with E-state index in [1.54, 1.807) is 18.7 Å². The Morgan fingerprint density at radius 1 is 1.15 bits per heavy atom. The molecule has 1 aliphatic heterocycles. The van der Waals surface area contributed by atoms with E-state index in [4.69, 9.17) is 16.3 Å². The van der Waals surface area contributed by atoms with Crippen molar-refractivity contribution in [2.45, 2.75) is 37.8 Å². The highest BCUT2D eigenvalue weighted by Crippen LogP contribution is 2.38. The summed E-state index contributed by atoms with van der Waals surface area (Å²) in [4.78, 5) is 30.0. The van der Waals surface area contributed by atoms with Gasteiger partial charge in [-0.05, 0) is 48.7 Å². The minimum Gasteiger partial charge on any atom is -0.462 e. The second-order valence-corrected chi connectivity index (χ2v) is 10.7. The highest BCUT2D eigenvalue weighted by Gasteiger charge is 2.29. The summed E-state index contributed by atoms with van der Waals surface area (Å²) >= 11 is 9.02. The summed E-state index contributed by atoms with van der Waals surface area (Å²) in [5.41, 5.74) is 2.80. The lowest BCUT2D eigenvalue weighted by Crippen LogP contribution is -2.29. The van der Waals surface area contributed by atoms with Crippen molar-refractivity contribution in [1.82, 2.24) is 4.90 Å². The molecule has 0 fully saturated rings. The summed E-state index contributed by atoms with van der Waals surface area (Å²) in [7, 11) is 0. The second kappa shape index (κ2) is 11.9. The van der Waals surface area contributed by atoms with E-state index in [0.29, 0.717) is 34.4 Å². The number of nitrogens with one attached hydrogen (secondary N) is 1. The summed E-state index contributed by atoms with van der Waals surface area (Å²) < 4.78 is 5.33. The molecule has 0 bridgehead atoms. The Morgan fingerprint density at radius 3 is 2.65 bits per heavy atom. The number of nitrogens with zero attached hydrogens (tertiary/aromatic N) is 1. The first-order valence-corrected chi connectivity index (χ1v) is 13.5. The Bertz CT molecular complexity index is 1130. The lowest BCUT2D eigenvalue weighted by atomic mass is 10.0. The van der Waals surface area contributed by atoms with E-state index in [1.807, 2.05) is 42.5 Å². The zero-order chi connectivity index (χ0) is 23.9. The standard InChI is InChI=1S/C26H27ClN2O3S2/c1-2-32-26(31)24-21-12-14-29(16-18-6-4-3-5-7-18)17-22(21)34-25(24)28-23(30)13-15-33-20-10-8-19(27)9-11-20/h3-11H,2,12-17H2,1H3,(H,28,30). The van der Waals surface area contributed by atoms with Gasteiger partial charge in [-0.1, -0.05) is 41.9 Å². The van der Waals surface area contributed by atoms with Gasteiger partial charge in [0.1, 0.15) is 5.00 Å². The maximum Gasteiger partial charge on any atom is 0.341 e. The van der Waals surface area contributed by atoms with E-state index < -0.39 is 0 Å². The molecule has 0 unspecified atom stereocenters. The predicted octanol–water partition coefficient (Wildman–Crippen LogP) is 6.26. The molecule has 1 amide bonds. The van der Waals surface area contributed by atoms with Crippen molar-refractivity contribution < 1.29 is 14.3 Å². The Morgan fingerprint density at radius 2 is 1.91 bits per heavy atom. The second-order valence-electron chi connectivity index (χ2n) is 7.98. The van der Waals surface area contributed by atoms with E-state index in [0.717, 1.165) is 41.4 Å². The minimum atomic E-state index is -0.359. The third kappa shape index (κ3) is 6.42. The maximum absolute atomic E-state index is 12.8. The van der Waals surface area contributed by atoms with Crippen LogP contribution in [0.15, 0.2) is 59.5 Å². The number of anilines is 1. The number of esters is 1. The monoisotopic (exact) mass is 514 g/mol. The molecule has 178 valence electrons. The number of fused-ring (bicyclic) bond motifs is 1. The molecule has 0 saturated carbocycles. The lowest BCUT2D eigenvalue weighted by Gasteiger charge is -2.27. The third-order valence-corrected chi connectivity index (χ3v) is 7.93. The molecule has 8 heteroatoms. The number of carbonyl (C=O) groups excluding carboxylic acids is 2. The van der Waals surface area contributed by atoms with Crippen LogP contribution in [0.4, 0.5) is 5.00 Å². The van der Waals surface area contributed by atoms with Crippen LogP contribution in [0.1, 0.15) is 39.7 Å². The largest absolute Gasteiger partial charge is 0.462 e. The van der Waals surface area contributed by atoms with E-state index in [2.05, 4.69) is 22.3 Å². The molecule has 1 aromatic heterocycles. The summed E-state index contributed by atoms with van der Waals surface area (Å²) in [6, 6.07) is 17.9. The van der Waals surface area contributed by atoms with Crippen molar-refractivity contribution in [2.75, 3.05) is 24.2 Å². The minimum absolute atomic E-state index is 0.105. The average Bonchev–Trinajstić information content (AvgIpc) is 3.18.